The molecule has 0 aromatic heterocycles. The summed E-state index contributed by atoms with van der Waals surface area (Å²) in [7, 11) is 0. The van der Waals surface area contributed by atoms with Crippen molar-refractivity contribution in [3.05, 3.63) is 19.6 Å². The lowest BCUT2D eigenvalue weighted by molar-refractivity contribution is -0.138. The Morgan fingerprint density at radius 2 is 2.40 bits per heavy atom. The Bertz CT molecular complexity index is 118. The van der Waals surface area contributed by atoms with Gasteiger partial charge in [-0.3, -0.25) is 0 Å². The normalized spacial score (nSPS) is 12.2. The summed E-state index contributed by atoms with van der Waals surface area (Å²) >= 11 is 0. The van der Waals surface area contributed by atoms with Crippen molar-refractivity contribution in [2.75, 3.05) is 6.61 Å². The van der Waals surface area contributed by atoms with Gasteiger partial charge in [-0.1, -0.05) is 20.4 Å². The van der Waals surface area contributed by atoms with Gasteiger partial charge in [0.15, 0.2) is 0 Å². The Labute approximate surface area is 61.9 Å². The van der Waals surface area contributed by atoms with Crippen LogP contribution in [0.1, 0.15) is 13.3 Å². The molecule has 10 heavy (non-hydrogen) atoms. The van der Waals surface area contributed by atoms with Crippen molar-refractivity contribution >= 4 is 5.97 Å². The van der Waals surface area contributed by atoms with E-state index < -0.39 is 0 Å². The van der Waals surface area contributed by atoms with Crippen LogP contribution in [-0.4, -0.2) is 12.6 Å². The van der Waals surface area contributed by atoms with Crippen LogP contribution in [0.2, 0.25) is 0 Å². The molecule has 0 N–H and O–H groups in total. The number of carbonyl (C=O) groups excluding carboxylic acids is 1. The zero-order valence-corrected chi connectivity index (χ0v) is 6.30. The van der Waals surface area contributed by atoms with Crippen molar-refractivity contribution in [1.82, 2.24) is 0 Å². The van der Waals surface area contributed by atoms with Crippen LogP contribution >= 0.6 is 0 Å². The van der Waals surface area contributed by atoms with Crippen molar-refractivity contribution < 1.29 is 9.53 Å². The number of rotatable bonds is 4. The van der Waals surface area contributed by atoms with Gasteiger partial charge >= 0.3 is 5.97 Å². The largest absolute Gasteiger partial charge is 0.462 e. The summed E-state index contributed by atoms with van der Waals surface area (Å²) in [6, 6.07) is 0. The van der Waals surface area contributed by atoms with Crippen LogP contribution in [0.25, 0.3) is 0 Å². The summed E-state index contributed by atoms with van der Waals surface area (Å²) in [4.78, 5) is 10.5. The molecule has 2 nitrogen and oxygen atoms in total. The Morgan fingerprint density at radius 1 is 1.80 bits per heavy atom. The molecular formula is C8H13O2. The summed E-state index contributed by atoms with van der Waals surface area (Å²) < 4.78 is 4.75. The van der Waals surface area contributed by atoms with Crippen LogP contribution in [0.3, 0.4) is 0 Å². The van der Waals surface area contributed by atoms with Gasteiger partial charge in [-0.15, -0.1) is 0 Å². The van der Waals surface area contributed by atoms with E-state index in [-0.39, 0.29) is 5.97 Å². The first-order valence-corrected chi connectivity index (χ1v) is 3.29. The lowest BCUT2D eigenvalue weighted by Gasteiger charge is -2.06. The molecule has 1 atom stereocenters. The molecule has 0 aromatic carbocycles. The van der Waals surface area contributed by atoms with Gasteiger partial charge in [0.2, 0.25) is 0 Å². The summed E-state index contributed by atoms with van der Waals surface area (Å²) in [5.41, 5.74) is 0. The van der Waals surface area contributed by atoms with Crippen LogP contribution in [0.5, 0.6) is 0 Å². The van der Waals surface area contributed by atoms with Crippen molar-refractivity contribution in [3.8, 4) is 0 Å². The molecule has 0 fully saturated rings. The molecule has 0 saturated carbocycles. The van der Waals surface area contributed by atoms with Gasteiger partial charge in [-0.25, -0.2) is 4.79 Å². The third-order valence-corrected chi connectivity index (χ3v) is 1.17. The molecule has 0 saturated heterocycles. The molecule has 0 heterocycles. The lowest BCUT2D eigenvalue weighted by atomic mass is 10.1. The third-order valence-electron chi connectivity index (χ3n) is 1.17. The first-order chi connectivity index (χ1) is 4.70. The molecule has 0 bridgehead atoms. The van der Waals surface area contributed by atoms with Gasteiger partial charge in [0.25, 0.3) is 0 Å². The molecular weight excluding hydrogens is 128 g/mol. The number of hydrogen-bond donors (Lipinski definition) is 0. The van der Waals surface area contributed by atoms with E-state index in [1.165, 1.54) is 0 Å². The molecule has 57 valence electrons. The fraction of sp³-hybridized carbons (Fsp3) is 0.500. The standard InChI is InChI=1S/C8H13O2/c1-4-7(3)6-10-8(9)5-2/h5,7H,1-2,4,6H2,3H3. The van der Waals surface area contributed by atoms with E-state index >= 15 is 0 Å². The van der Waals surface area contributed by atoms with Gasteiger partial charge in [-0.2, -0.15) is 0 Å². The highest BCUT2D eigenvalue weighted by Gasteiger charge is 2.00. The first kappa shape index (κ1) is 9.21. The molecule has 0 spiro atoms. The third kappa shape index (κ3) is 4.13. The predicted molar refractivity (Wildman–Crippen MR) is 40.3 cm³/mol. The van der Waals surface area contributed by atoms with E-state index in [4.69, 9.17) is 4.74 Å². The number of esters is 1. The van der Waals surface area contributed by atoms with E-state index in [0.29, 0.717) is 12.5 Å². The van der Waals surface area contributed by atoms with Crippen LogP contribution < -0.4 is 0 Å². The highest BCUT2D eigenvalue weighted by Crippen LogP contribution is 1.99. The minimum absolute atomic E-state index is 0.337. The Morgan fingerprint density at radius 3 is 2.80 bits per heavy atom. The van der Waals surface area contributed by atoms with E-state index in [0.717, 1.165) is 12.5 Å². The number of ether oxygens (including phenoxy) is 1. The van der Waals surface area contributed by atoms with E-state index in [1.54, 1.807) is 0 Å². The monoisotopic (exact) mass is 141 g/mol. The first-order valence-electron chi connectivity index (χ1n) is 3.29. The average molecular weight is 141 g/mol. The highest BCUT2D eigenvalue weighted by molar-refractivity contribution is 5.81. The Kier molecular flexibility index (Phi) is 4.63. The van der Waals surface area contributed by atoms with Gasteiger partial charge in [0, 0.05) is 6.08 Å². The smallest absolute Gasteiger partial charge is 0.330 e. The quantitative estimate of drug-likeness (QED) is 0.439. The molecule has 0 aliphatic rings. The fourth-order valence-electron chi connectivity index (χ4n) is 0.367. The van der Waals surface area contributed by atoms with Gasteiger partial charge in [0.1, 0.15) is 0 Å². The second-order valence-electron chi connectivity index (χ2n) is 2.23. The number of carbonyl (C=O) groups is 1. The van der Waals surface area contributed by atoms with Gasteiger partial charge in [0.05, 0.1) is 6.61 Å². The molecule has 0 aliphatic carbocycles. The Balaban J connectivity index is 3.34. The van der Waals surface area contributed by atoms with Crippen molar-refractivity contribution in [3.63, 3.8) is 0 Å². The lowest BCUT2D eigenvalue weighted by Crippen LogP contribution is -2.08. The van der Waals surface area contributed by atoms with Crippen LogP contribution in [0.15, 0.2) is 12.7 Å². The fourth-order valence-corrected chi connectivity index (χ4v) is 0.367. The number of hydrogen-bond acceptors (Lipinski definition) is 2. The van der Waals surface area contributed by atoms with Crippen molar-refractivity contribution in [1.29, 1.82) is 0 Å². The minimum Gasteiger partial charge on any atom is -0.462 e. The van der Waals surface area contributed by atoms with Crippen LogP contribution in [0.4, 0.5) is 0 Å². The molecule has 0 aromatic rings. The molecule has 2 heteroatoms. The van der Waals surface area contributed by atoms with Gasteiger partial charge in [-0.05, 0) is 12.3 Å². The summed E-state index contributed by atoms with van der Waals surface area (Å²) in [6.07, 6.45) is 1.94. The minimum atomic E-state index is -0.361. The van der Waals surface area contributed by atoms with E-state index in [2.05, 4.69) is 13.5 Å². The summed E-state index contributed by atoms with van der Waals surface area (Å²) in [5, 5.41) is 0. The zero-order valence-electron chi connectivity index (χ0n) is 6.30. The molecule has 1 unspecified atom stereocenters. The average Bonchev–Trinajstić information content (AvgIpc) is 1.99. The maximum Gasteiger partial charge on any atom is 0.330 e. The molecule has 0 rings (SSSR count). The van der Waals surface area contributed by atoms with Crippen LogP contribution in [-0.2, 0) is 9.53 Å². The maximum atomic E-state index is 10.5. The SMILES string of the molecule is [CH2]CC(C)COC(=O)C=C. The van der Waals surface area contributed by atoms with E-state index in [1.807, 2.05) is 6.92 Å². The Hall–Kier alpha value is -0.790. The van der Waals surface area contributed by atoms with E-state index in [9.17, 15) is 4.79 Å². The second-order valence-corrected chi connectivity index (χ2v) is 2.23. The summed E-state index contributed by atoms with van der Waals surface area (Å²) in [5.74, 6) is -0.0239. The predicted octanol–water partition coefficient (Wildman–Crippen LogP) is 1.58. The maximum absolute atomic E-state index is 10.5. The topological polar surface area (TPSA) is 26.3 Å². The van der Waals surface area contributed by atoms with Crippen LogP contribution in [0, 0.1) is 12.8 Å². The van der Waals surface area contributed by atoms with Crippen molar-refractivity contribution in [2.24, 2.45) is 5.92 Å². The molecule has 0 amide bonds. The molecule has 0 aliphatic heterocycles. The second kappa shape index (κ2) is 5.03. The van der Waals surface area contributed by atoms with Crippen molar-refractivity contribution in [2.45, 2.75) is 13.3 Å². The zero-order chi connectivity index (χ0) is 7.98. The highest BCUT2D eigenvalue weighted by atomic mass is 16.5. The molecule has 1 radical (unpaired) electrons. The summed E-state index contributed by atoms with van der Waals surface area (Å²) in [6.45, 7) is 9.36. The van der Waals surface area contributed by atoms with Gasteiger partial charge < -0.3 is 4.74 Å².